The molecule has 0 saturated heterocycles. The van der Waals surface area contributed by atoms with Crippen LogP contribution in [0.5, 0.6) is 0 Å². The number of carbonyl (C=O) groups excluding carboxylic acids is 1. The first kappa shape index (κ1) is 8.51. The largest absolute Gasteiger partial charge is 0.338 e. The third-order valence-electron chi connectivity index (χ3n) is 3.96. The topological polar surface area (TPSA) is 20.3 Å². The number of nitrogens with zero attached hydrogens (tertiary/aromatic N) is 1. The molecule has 76 valence electrons. The van der Waals surface area contributed by atoms with E-state index in [-0.39, 0.29) is 0 Å². The SMILES string of the molecule is O=C(C1CC2CC2C1)N1CC=CCC1. The minimum Gasteiger partial charge on any atom is -0.338 e. The predicted octanol–water partition coefficient (Wildman–Crippen LogP) is 1.82. The van der Waals surface area contributed by atoms with E-state index in [0.29, 0.717) is 11.8 Å². The molecule has 1 amide bonds. The van der Waals surface area contributed by atoms with Crippen molar-refractivity contribution in [1.29, 1.82) is 0 Å². The molecule has 2 nitrogen and oxygen atoms in total. The smallest absolute Gasteiger partial charge is 0.225 e. The lowest BCUT2D eigenvalue weighted by Gasteiger charge is -2.26. The average molecular weight is 191 g/mol. The van der Waals surface area contributed by atoms with Crippen LogP contribution in [0.3, 0.4) is 0 Å². The van der Waals surface area contributed by atoms with Crippen LogP contribution < -0.4 is 0 Å². The summed E-state index contributed by atoms with van der Waals surface area (Å²) < 4.78 is 0. The first-order valence-corrected chi connectivity index (χ1v) is 5.78. The molecule has 0 aromatic rings. The van der Waals surface area contributed by atoms with E-state index in [9.17, 15) is 4.79 Å². The summed E-state index contributed by atoms with van der Waals surface area (Å²) in [6.07, 6.45) is 9.12. The van der Waals surface area contributed by atoms with E-state index in [2.05, 4.69) is 12.2 Å². The van der Waals surface area contributed by atoms with E-state index in [1.54, 1.807) is 0 Å². The number of hydrogen-bond donors (Lipinski definition) is 0. The molecular formula is C12H17NO. The monoisotopic (exact) mass is 191 g/mol. The van der Waals surface area contributed by atoms with Gasteiger partial charge in [0, 0.05) is 19.0 Å². The summed E-state index contributed by atoms with van der Waals surface area (Å²) in [5.41, 5.74) is 0. The molecule has 2 heteroatoms. The summed E-state index contributed by atoms with van der Waals surface area (Å²) in [5.74, 6) is 2.65. The van der Waals surface area contributed by atoms with Crippen molar-refractivity contribution in [1.82, 2.24) is 4.90 Å². The van der Waals surface area contributed by atoms with Gasteiger partial charge < -0.3 is 4.90 Å². The minimum absolute atomic E-state index is 0.380. The summed E-state index contributed by atoms with van der Waals surface area (Å²) >= 11 is 0. The standard InChI is InChI=1S/C12H17NO/c14-12(13-4-2-1-3-5-13)11-7-9-6-10(9)8-11/h1-2,9-11H,3-8H2. The highest BCUT2D eigenvalue weighted by molar-refractivity contribution is 5.79. The van der Waals surface area contributed by atoms with Gasteiger partial charge in [0.25, 0.3) is 0 Å². The Morgan fingerprint density at radius 2 is 1.93 bits per heavy atom. The molecular weight excluding hydrogens is 174 g/mol. The van der Waals surface area contributed by atoms with Crippen molar-refractivity contribution in [3.05, 3.63) is 12.2 Å². The van der Waals surface area contributed by atoms with Crippen molar-refractivity contribution in [2.24, 2.45) is 17.8 Å². The van der Waals surface area contributed by atoms with Gasteiger partial charge in [0.05, 0.1) is 0 Å². The summed E-state index contributed by atoms with van der Waals surface area (Å²) in [7, 11) is 0. The third-order valence-corrected chi connectivity index (χ3v) is 3.96. The second kappa shape index (κ2) is 3.11. The van der Waals surface area contributed by atoms with Gasteiger partial charge in [0.1, 0.15) is 0 Å². The van der Waals surface area contributed by atoms with Crippen molar-refractivity contribution in [3.63, 3.8) is 0 Å². The van der Waals surface area contributed by atoms with Gasteiger partial charge in [-0.3, -0.25) is 4.79 Å². The first-order valence-electron chi connectivity index (χ1n) is 5.78. The molecule has 0 spiro atoms. The molecule has 0 bridgehead atoms. The fraction of sp³-hybridized carbons (Fsp3) is 0.750. The number of hydrogen-bond acceptors (Lipinski definition) is 1. The van der Waals surface area contributed by atoms with Crippen molar-refractivity contribution in [2.45, 2.75) is 25.7 Å². The van der Waals surface area contributed by atoms with E-state index in [4.69, 9.17) is 0 Å². The Balaban J connectivity index is 1.61. The Morgan fingerprint density at radius 1 is 1.14 bits per heavy atom. The quantitative estimate of drug-likeness (QED) is 0.579. The Hall–Kier alpha value is -0.790. The predicted molar refractivity (Wildman–Crippen MR) is 54.7 cm³/mol. The van der Waals surface area contributed by atoms with E-state index in [1.807, 2.05) is 4.90 Å². The summed E-state index contributed by atoms with van der Waals surface area (Å²) in [4.78, 5) is 14.1. The average Bonchev–Trinajstić information content (AvgIpc) is 2.86. The van der Waals surface area contributed by atoms with Crippen LogP contribution >= 0.6 is 0 Å². The van der Waals surface area contributed by atoms with Crippen LogP contribution in [0.4, 0.5) is 0 Å². The van der Waals surface area contributed by atoms with Gasteiger partial charge >= 0.3 is 0 Å². The van der Waals surface area contributed by atoms with Crippen molar-refractivity contribution < 1.29 is 4.79 Å². The molecule has 2 saturated carbocycles. The van der Waals surface area contributed by atoms with Gasteiger partial charge in [-0.05, 0) is 37.5 Å². The van der Waals surface area contributed by atoms with Crippen LogP contribution in [-0.2, 0) is 4.79 Å². The zero-order valence-electron chi connectivity index (χ0n) is 8.48. The molecule has 0 aromatic heterocycles. The van der Waals surface area contributed by atoms with Crippen LogP contribution in [0.1, 0.15) is 25.7 Å². The maximum Gasteiger partial charge on any atom is 0.225 e. The lowest BCUT2D eigenvalue weighted by atomic mass is 10.0. The van der Waals surface area contributed by atoms with Crippen molar-refractivity contribution in [3.8, 4) is 0 Å². The van der Waals surface area contributed by atoms with Gasteiger partial charge in [-0.2, -0.15) is 0 Å². The molecule has 0 radical (unpaired) electrons. The molecule has 2 aliphatic carbocycles. The zero-order valence-corrected chi connectivity index (χ0v) is 8.48. The second-order valence-electron chi connectivity index (χ2n) is 4.97. The second-order valence-corrected chi connectivity index (χ2v) is 4.97. The molecule has 1 heterocycles. The lowest BCUT2D eigenvalue weighted by Crippen LogP contribution is -2.37. The molecule has 2 atom stereocenters. The summed E-state index contributed by atoms with van der Waals surface area (Å²) in [6.45, 7) is 1.80. The molecule has 3 aliphatic rings. The van der Waals surface area contributed by atoms with E-state index in [1.165, 1.54) is 19.3 Å². The fourth-order valence-electron chi connectivity index (χ4n) is 3.02. The number of carbonyl (C=O) groups is 1. The highest BCUT2D eigenvalue weighted by atomic mass is 16.2. The van der Waals surface area contributed by atoms with Crippen molar-refractivity contribution in [2.75, 3.05) is 13.1 Å². The van der Waals surface area contributed by atoms with Gasteiger partial charge in [-0.25, -0.2) is 0 Å². The number of rotatable bonds is 1. The molecule has 14 heavy (non-hydrogen) atoms. The number of fused-ring (bicyclic) bond motifs is 1. The Bertz CT molecular complexity index is 274. The van der Waals surface area contributed by atoms with Gasteiger partial charge in [0.2, 0.25) is 5.91 Å². The maximum atomic E-state index is 12.1. The van der Waals surface area contributed by atoms with Crippen LogP contribution in [0, 0.1) is 17.8 Å². The molecule has 0 aromatic carbocycles. The van der Waals surface area contributed by atoms with Crippen molar-refractivity contribution >= 4 is 5.91 Å². The molecule has 0 N–H and O–H groups in total. The van der Waals surface area contributed by atoms with Crippen LogP contribution in [0.2, 0.25) is 0 Å². The first-order chi connectivity index (χ1) is 6.84. The summed E-state index contributed by atoms with van der Waals surface area (Å²) in [6, 6.07) is 0. The van der Waals surface area contributed by atoms with Crippen LogP contribution in [-0.4, -0.2) is 23.9 Å². The van der Waals surface area contributed by atoms with E-state index in [0.717, 1.165) is 31.3 Å². The Morgan fingerprint density at radius 3 is 2.57 bits per heavy atom. The molecule has 2 unspecified atom stereocenters. The highest BCUT2D eigenvalue weighted by Gasteiger charge is 2.48. The lowest BCUT2D eigenvalue weighted by molar-refractivity contribution is -0.135. The van der Waals surface area contributed by atoms with Crippen LogP contribution in [0.25, 0.3) is 0 Å². The van der Waals surface area contributed by atoms with E-state index >= 15 is 0 Å². The molecule has 1 aliphatic heterocycles. The third kappa shape index (κ3) is 1.37. The maximum absolute atomic E-state index is 12.1. The van der Waals surface area contributed by atoms with E-state index < -0.39 is 0 Å². The van der Waals surface area contributed by atoms with Gasteiger partial charge in [-0.15, -0.1) is 0 Å². The molecule has 2 fully saturated rings. The van der Waals surface area contributed by atoms with Gasteiger partial charge in [-0.1, -0.05) is 12.2 Å². The zero-order chi connectivity index (χ0) is 9.54. The number of amides is 1. The Labute approximate surface area is 85.0 Å². The molecule has 3 rings (SSSR count). The van der Waals surface area contributed by atoms with Crippen LogP contribution in [0.15, 0.2) is 12.2 Å². The Kier molecular flexibility index (Phi) is 1.89. The van der Waals surface area contributed by atoms with Gasteiger partial charge in [0.15, 0.2) is 0 Å². The summed E-state index contributed by atoms with van der Waals surface area (Å²) in [5, 5.41) is 0. The highest BCUT2D eigenvalue weighted by Crippen LogP contribution is 2.54. The minimum atomic E-state index is 0.380. The fourth-order valence-corrected chi connectivity index (χ4v) is 3.02. The normalized spacial score (nSPS) is 39.7.